The van der Waals surface area contributed by atoms with Gasteiger partial charge in [-0.25, -0.2) is 13.2 Å². The van der Waals surface area contributed by atoms with E-state index >= 15 is 4.39 Å². The molecule has 2 N–H and O–H groups in total. The van der Waals surface area contributed by atoms with Crippen molar-refractivity contribution in [2.45, 2.75) is 79.1 Å². The molecule has 0 aliphatic carbocycles. The quantitative estimate of drug-likeness (QED) is 0.347. The summed E-state index contributed by atoms with van der Waals surface area (Å²) in [5.41, 5.74) is 13.4. The average Bonchev–Trinajstić information content (AvgIpc) is 2.76. The molecular formula is C30H36F3N. The summed E-state index contributed by atoms with van der Waals surface area (Å²) < 4.78 is 43.7. The monoisotopic (exact) mass is 467 g/mol. The van der Waals surface area contributed by atoms with Crippen molar-refractivity contribution >= 4 is 5.69 Å². The van der Waals surface area contributed by atoms with E-state index in [0.29, 0.717) is 23.5 Å². The van der Waals surface area contributed by atoms with Gasteiger partial charge in [-0.3, -0.25) is 0 Å². The zero-order chi connectivity index (χ0) is 25.3. The minimum atomic E-state index is -0.899. The summed E-state index contributed by atoms with van der Waals surface area (Å²) in [4.78, 5) is 0. The van der Waals surface area contributed by atoms with Crippen molar-refractivity contribution < 1.29 is 13.2 Å². The predicted octanol–water partition coefficient (Wildman–Crippen LogP) is 8.43. The molecule has 0 heterocycles. The van der Waals surface area contributed by atoms with Crippen LogP contribution in [0.25, 0.3) is 0 Å². The predicted molar refractivity (Wildman–Crippen MR) is 136 cm³/mol. The summed E-state index contributed by atoms with van der Waals surface area (Å²) in [6, 6.07) is 10.7. The van der Waals surface area contributed by atoms with E-state index in [0.717, 1.165) is 23.6 Å². The van der Waals surface area contributed by atoms with Crippen LogP contribution in [0.3, 0.4) is 0 Å². The van der Waals surface area contributed by atoms with Crippen LogP contribution in [-0.2, 0) is 12.8 Å². The molecule has 0 saturated carbocycles. The van der Waals surface area contributed by atoms with Crippen molar-refractivity contribution in [3.8, 4) is 0 Å². The highest BCUT2D eigenvalue weighted by Gasteiger charge is 2.23. The van der Waals surface area contributed by atoms with Gasteiger partial charge in [0.15, 0.2) is 11.6 Å². The third kappa shape index (κ3) is 5.01. The number of anilines is 1. The lowest BCUT2D eigenvalue weighted by Gasteiger charge is -2.23. The van der Waals surface area contributed by atoms with Crippen LogP contribution < -0.4 is 5.73 Å². The SMILES string of the molecule is Cc1cc(F)c(F)c(C(C)Cc2ccc(F)c(C(C)Cc3cccc(C(C)C)c3C)c2C)c1N. The van der Waals surface area contributed by atoms with Gasteiger partial charge >= 0.3 is 0 Å². The van der Waals surface area contributed by atoms with Crippen LogP contribution in [0.15, 0.2) is 36.4 Å². The van der Waals surface area contributed by atoms with Crippen molar-refractivity contribution in [3.63, 3.8) is 0 Å². The Bertz CT molecular complexity index is 1170. The number of nitrogen functional groups attached to an aromatic ring is 1. The van der Waals surface area contributed by atoms with Crippen LogP contribution in [0.4, 0.5) is 18.9 Å². The first-order valence-corrected chi connectivity index (χ1v) is 12.0. The van der Waals surface area contributed by atoms with Gasteiger partial charge in [-0.15, -0.1) is 0 Å². The van der Waals surface area contributed by atoms with E-state index in [1.165, 1.54) is 22.8 Å². The van der Waals surface area contributed by atoms with Gasteiger partial charge in [0.25, 0.3) is 0 Å². The van der Waals surface area contributed by atoms with Crippen LogP contribution in [0.2, 0.25) is 0 Å². The van der Waals surface area contributed by atoms with E-state index in [1.807, 2.05) is 20.8 Å². The van der Waals surface area contributed by atoms with E-state index in [2.05, 4.69) is 39.0 Å². The largest absolute Gasteiger partial charge is 0.398 e. The van der Waals surface area contributed by atoms with Crippen LogP contribution >= 0.6 is 0 Å². The fourth-order valence-corrected chi connectivity index (χ4v) is 5.25. The second-order valence-electron chi connectivity index (χ2n) is 10.1. The summed E-state index contributed by atoms with van der Waals surface area (Å²) in [6.07, 6.45) is 1.17. The molecule has 0 radical (unpaired) electrons. The Morgan fingerprint density at radius 1 is 0.735 bits per heavy atom. The molecule has 0 bridgehead atoms. The molecule has 3 aromatic rings. The Morgan fingerprint density at radius 2 is 1.32 bits per heavy atom. The molecule has 0 saturated heterocycles. The molecule has 0 aromatic heterocycles. The van der Waals surface area contributed by atoms with E-state index in [4.69, 9.17) is 5.73 Å². The molecular weight excluding hydrogens is 431 g/mol. The summed E-state index contributed by atoms with van der Waals surface area (Å²) in [7, 11) is 0. The summed E-state index contributed by atoms with van der Waals surface area (Å²) in [5, 5.41) is 0. The highest BCUT2D eigenvalue weighted by atomic mass is 19.2. The van der Waals surface area contributed by atoms with Crippen molar-refractivity contribution in [2.75, 3.05) is 5.73 Å². The Morgan fingerprint density at radius 3 is 1.94 bits per heavy atom. The smallest absolute Gasteiger partial charge is 0.164 e. The summed E-state index contributed by atoms with van der Waals surface area (Å²) in [6.45, 7) is 14.0. The topological polar surface area (TPSA) is 26.0 Å². The van der Waals surface area contributed by atoms with Crippen molar-refractivity contribution in [1.82, 2.24) is 0 Å². The van der Waals surface area contributed by atoms with E-state index < -0.39 is 11.6 Å². The third-order valence-electron chi connectivity index (χ3n) is 7.23. The van der Waals surface area contributed by atoms with Gasteiger partial charge in [0, 0.05) is 11.3 Å². The van der Waals surface area contributed by atoms with Crippen molar-refractivity contribution in [1.29, 1.82) is 0 Å². The lowest BCUT2D eigenvalue weighted by Crippen LogP contribution is -2.12. The lowest BCUT2D eigenvalue weighted by atomic mass is 9.83. The van der Waals surface area contributed by atoms with Gasteiger partial charge in [-0.1, -0.05) is 52.0 Å². The van der Waals surface area contributed by atoms with Gasteiger partial charge in [-0.2, -0.15) is 0 Å². The average molecular weight is 468 g/mol. The molecule has 0 aliphatic rings. The Balaban J connectivity index is 1.94. The van der Waals surface area contributed by atoms with Gasteiger partial charge in [0.2, 0.25) is 0 Å². The maximum absolute atomic E-state index is 15.1. The second-order valence-corrected chi connectivity index (χ2v) is 10.1. The van der Waals surface area contributed by atoms with Crippen LogP contribution in [0.5, 0.6) is 0 Å². The second kappa shape index (κ2) is 10.2. The number of halogens is 3. The molecule has 0 aliphatic heterocycles. The molecule has 0 fully saturated rings. The molecule has 2 unspecified atom stereocenters. The number of benzene rings is 3. The maximum atomic E-state index is 15.1. The lowest BCUT2D eigenvalue weighted by molar-refractivity contribution is 0.490. The molecule has 1 nitrogen and oxygen atoms in total. The number of hydrogen-bond donors (Lipinski definition) is 1. The molecule has 3 rings (SSSR count). The number of hydrogen-bond acceptors (Lipinski definition) is 1. The molecule has 4 heteroatoms. The summed E-state index contributed by atoms with van der Waals surface area (Å²) in [5.74, 6) is -1.98. The molecule has 0 amide bonds. The Hall–Kier alpha value is -2.75. The van der Waals surface area contributed by atoms with E-state index in [-0.39, 0.29) is 28.9 Å². The molecule has 2 atom stereocenters. The molecule has 182 valence electrons. The standard InChI is InChI=1S/C30H36F3N/c1-16(2)24-10-8-9-22(20(24)6)13-17(3)27-21(7)23(11-12-25(27)31)14-18(4)28-29(33)26(32)15-19(5)30(28)34/h8-12,15-18H,13-14,34H2,1-7H3. The Labute approximate surface area is 202 Å². The van der Waals surface area contributed by atoms with Gasteiger partial charge in [0.05, 0.1) is 0 Å². The first kappa shape index (κ1) is 25.9. The third-order valence-corrected chi connectivity index (χ3v) is 7.23. The fourth-order valence-electron chi connectivity index (χ4n) is 5.25. The zero-order valence-corrected chi connectivity index (χ0v) is 21.3. The highest BCUT2D eigenvalue weighted by Crippen LogP contribution is 2.35. The number of nitrogens with two attached hydrogens (primary N) is 1. The van der Waals surface area contributed by atoms with E-state index in [9.17, 15) is 8.78 Å². The molecule has 3 aromatic carbocycles. The molecule has 0 spiro atoms. The van der Waals surface area contributed by atoms with Gasteiger partial charge in [-0.05, 0) is 102 Å². The first-order valence-electron chi connectivity index (χ1n) is 12.0. The maximum Gasteiger partial charge on any atom is 0.164 e. The molecule has 34 heavy (non-hydrogen) atoms. The van der Waals surface area contributed by atoms with Crippen LogP contribution in [0.1, 0.15) is 90.0 Å². The summed E-state index contributed by atoms with van der Waals surface area (Å²) >= 11 is 0. The van der Waals surface area contributed by atoms with Gasteiger partial charge in [0.1, 0.15) is 5.82 Å². The number of rotatable bonds is 7. The first-order chi connectivity index (χ1) is 15.9. The van der Waals surface area contributed by atoms with Crippen molar-refractivity contribution in [2.24, 2.45) is 0 Å². The van der Waals surface area contributed by atoms with Crippen molar-refractivity contribution in [3.05, 3.63) is 98.4 Å². The Kier molecular flexibility index (Phi) is 7.80. The van der Waals surface area contributed by atoms with E-state index in [1.54, 1.807) is 13.0 Å². The normalized spacial score (nSPS) is 13.4. The highest BCUT2D eigenvalue weighted by molar-refractivity contribution is 5.56. The van der Waals surface area contributed by atoms with Crippen LogP contribution in [0, 0.1) is 38.2 Å². The van der Waals surface area contributed by atoms with Gasteiger partial charge < -0.3 is 5.73 Å². The zero-order valence-electron chi connectivity index (χ0n) is 21.3. The fraction of sp³-hybridized carbons (Fsp3) is 0.400. The minimum Gasteiger partial charge on any atom is -0.398 e. The van der Waals surface area contributed by atoms with Crippen LogP contribution in [-0.4, -0.2) is 0 Å². The number of aryl methyl sites for hydroxylation is 1. The minimum absolute atomic E-state index is 0.0328.